The summed E-state index contributed by atoms with van der Waals surface area (Å²) in [5.41, 5.74) is 0.984. The number of nitrogens with one attached hydrogen (secondary N) is 3. The molecular weight excluding hydrogens is 529 g/mol. The van der Waals surface area contributed by atoms with Crippen LogP contribution < -0.4 is 15.4 Å². The summed E-state index contributed by atoms with van der Waals surface area (Å²) in [6.45, 7) is 9.43. The maximum absolute atomic E-state index is 11.8. The molecule has 10 heteroatoms. The fraction of sp³-hybridized carbons (Fsp3) is 0.667. The van der Waals surface area contributed by atoms with Crippen LogP contribution in [0.1, 0.15) is 32.3 Å². The van der Waals surface area contributed by atoms with E-state index in [-0.39, 0.29) is 28.9 Å². The Morgan fingerprint density at radius 3 is 2.26 bits per heavy atom. The van der Waals surface area contributed by atoms with Gasteiger partial charge in [0.15, 0.2) is 5.96 Å². The zero-order valence-electron chi connectivity index (χ0n) is 19.1. The highest BCUT2D eigenvalue weighted by Gasteiger charge is 2.27. The lowest BCUT2D eigenvalue weighted by molar-refractivity contribution is 0.00272. The Balaban J connectivity index is 0.00000480. The summed E-state index contributed by atoms with van der Waals surface area (Å²) < 4.78 is 31.5. The second-order valence-electron chi connectivity index (χ2n) is 7.45. The van der Waals surface area contributed by atoms with Crippen LogP contribution in [-0.2, 0) is 21.3 Å². The molecule has 178 valence electrons. The first-order valence-electron chi connectivity index (χ1n) is 10.7. The quantitative estimate of drug-likeness (QED) is 0.228. The highest BCUT2D eigenvalue weighted by molar-refractivity contribution is 14.0. The van der Waals surface area contributed by atoms with Crippen molar-refractivity contribution in [3.8, 4) is 0 Å². The van der Waals surface area contributed by atoms with Crippen LogP contribution in [0.5, 0.6) is 0 Å². The average Bonchev–Trinajstić information content (AvgIpc) is 2.79. The molecule has 0 bridgehead atoms. The van der Waals surface area contributed by atoms with Crippen LogP contribution in [0.15, 0.2) is 34.2 Å². The zero-order chi connectivity index (χ0) is 22.0. The number of halogens is 1. The molecule has 1 saturated heterocycles. The second kappa shape index (κ2) is 14.2. The Kier molecular flexibility index (Phi) is 12.9. The number of guanidine groups is 1. The van der Waals surface area contributed by atoms with Crippen LogP contribution in [0.2, 0.25) is 0 Å². The van der Waals surface area contributed by atoms with Crippen molar-refractivity contribution in [3.63, 3.8) is 0 Å². The van der Waals surface area contributed by atoms with Crippen LogP contribution in [-0.4, -0.2) is 72.3 Å². The summed E-state index contributed by atoms with van der Waals surface area (Å²) in [7, 11) is -0.241. The molecule has 31 heavy (non-hydrogen) atoms. The van der Waals surface area contributed by atoms with Gasteiger partial charge in [0, 0.05) is 39.3 Å². The molecule has 3 N–H and O–H groups in total. The Labute approximate surface area is 204 Å². The molecule has 0 saturated carbocycles. The van der Waals surface area contributed by atoms with Crippen LogP contribution in [0, 0.1) is 5.92 Å². The molecule has 8 nitrogen and oxygen atoms in total. The molecule has 1 aromatic rings. The van der Waals surface area contributed by atoms with E-state index in [0.29, 0.717) is 18.5 Å². The molecular formula is C21H38IN5O3S. The van der Waals surface area contributed by atoms with Gasteiger partial charge in [-0.1, -0.05) is 38.8 Å². The molecule has 1 atom stereocenters. The molecule has 1 unspecified atom stereocenters. The van der Waals surface area contributed by atoms with Crippen LogP contribution in [0.3, 0.4) is 0 Å². The monoisotopic (exact) mass is 567 g/mol. The third kappa shape index (κ3) is 8.49. The molecule has 1 heterocycles. The molecule has 0 amide bonds. The minimum absolute atomic E-state index is 0. The third-order valence-electron chi connectivity index (χ3n) is 5.77. The summed E-state index contributed by atoms with van der Waals surface area (Å²) in [6, 6.07) is 7.28. The molecule has 1 fully saturated rings. The Bertz CT molecular complexity index is 764. The number of nitrogens with zero attached hydrogens (tertiary/aromatic N) is 2. The second-order valence-corrected chi connectivity index (χ2v) is 9.34. The van der Waals surface area contributed by atoms with Crippen molar-refractivity contribution >= 4 is 40.0 Å². The lowest BCUT2D eigenvalue weighted by Gasteiger charge is -2.39. The van der Waals surface area contributed by atoms with Gasteiger partial charge in [-0.05, 0) is 30.7 Å². The predicted octanol–water partition coefficient (Wildman–Crippen LogP) is 2.01. The van der Waals surface area contributed by atoms with Gasteiger partial charge in [0.2, 0.25) is 10.0 Å². The fourth-order valence-electron chi connectivity index (χ4n) is 3.85. The largest absolute Gasteiger partial charge is 0.379 e. The normalized spacial score (nSPS) is 16.6. The lowest BCUT2D eigenvalue weighted by atomic mass is 9.92. The van der Waals surface area contributed by atoms with Crippen LogP contribution in [0.25, 0.3) is 0 Å². The summed E-state index contributed by atoms with van der Waals surface area (Å²) in [5, 5.41) is 6.80. The van der Waals surface area contributed by atoms with E-state index < -0.39 is 10.0 Å². The maximum Gasteiger partial charge on any atom is 0.240 e. The average molecular weight is 568 g/mol. The van der Waals surface area contributed by atoms with Gasteiger partial charge in [-0.2, -0.15) is 0 Å². The number of morpholine rings is 1. The minimum Gasteiger partial charge on any atom is -0.379 e. The van der Waals surface area contributed by atoms with E-state index >= 15 is 0 Å². The van der Waals surface area contributed by atoms with Crippen molar-refractivity contribution in [2.75, 3.05) is 46.9 Å². The topological polar surface area (TPSA) is 95.1 Å². The first-order valence-corrected chi connectivity index (χ1v) is 12.2. The molecule has 0 aliphatic carbocycles. The fourth-order valence-corrected chi connectivity index (χ4v) is 4.58. The van der Waals surface area contributed by atoms with Gasteiger partial charge in [-0.3, -0.25) is 9.89 Å². The van der Waals surface area contributed by atoms with Crippen molar-refractivity contribution in [2.24, 2.45) is 10.9 Å². The van der Waals surface area contributed by atoms with Crippen molar-refractivity contribution in [1.82, 2.24) is 20.3 Å². The van der Waals surface area contributed by atoms with Crippen molar-refractivity contribution in [1.29, 1.82) is 0 Å². The van der Waals surface area contributed by atoms with E-state index in [2.05, 4.69) is 39.1 Å². The number of rotatable bonds is 10. The molecule has 2 rings (SSSR count). The Morgan fingerprint density at radius 1 is 1.13 bits per heavy atom. The van der Waals surface area contributed by atoms with Crippen molar-refractivity contribution < 1.29 is 13.2 Å². The number of ether oxygens (including phenoxy) is 1. The van der Waals surface area contributed by atoms with E-state index in [1.54, 1.807) is 19.2 Å². The number of benzene rings is 1. The first kappa shape index (κ1) is 28.1. The first-order chi connectivity index (χ1) is 14.4. The van der Waals surface area contributed by atoms with Gasteiger partial charge in [0.05, 0.1) is 18.1 Å². The maximum atomic E-state index is 11.8. The van der Waals surface area contributed by atoms with Gasteiger partial charge >= 0.3 is 0 Å². The minimum atomic E-state index is -3.41. The predicted molar refractivity (Wildman–Crippen MR) is 137 cm³/mol. The molecule has 0 spiro atoms. The Morgan fingerprint density at radius 2 is 1.74 bits per heavy atom. The van der Waals surface area contributed by atoms with Gasteiger partial charge in [0.1, 0.15) is 0 Å². The van der Waals surface area contributed by atoms with E-state index in [1.165, 1.54) is 7.05 Å². The summed E-state index contributed by atoms with van der Waals surface area (Å²) >= 11 is 0. The number of sulfonamides is 1. The van der Waals surface area contributed by atoms with Crippen molar-refractivity contribution in [2.45, 2.75) is 44.2 Å². The van der Waals surface area contributed by atoms with E-state index in [4.69, 9.17) is 4.74 Å². The zero-order valence-corrected chi connectivity index (χ0v) is 22.2. The standard InChI is InChI=1S/C21H37N5O3S.HI/c1-5-18(6-2)20(26-11-13-29-14-12-26)16-25-21(22-3)24-15-17-7-9-19(10-8-17)30(27,28)23-4;/h7-10,18,20,23H,5-6,11-16H2,1-4H3,(H2,22,24,25);1H. The third-order valence-corrected chi connectivity index (χ3v) is 7.20. The summed E-state index contributed by atoms with van der Waals surface area (Å²) in [6.07, 6.45) is 2.29. The number of aliphatic imine (C=N–C) groups is 1. The number of hydrogen-bond acceptors (Lipinski definition) is 5. The smallest absolute Gasteiger partial charge is 0.240 e. The summed E-state index contributed by atoms with van der Waals surface area (Å²) in [5.74, 6) is 1.36. The van der Waals surface area contributed by atoms with Gasteiger partial charge in [-0.15, -0.1) is 24.0 Å². The SMILES string of the molecule is CCC(CC)C(CNC(=NC)NCc1ccc(S(=O)(=O)NC)cc1)N1CCOCC1.I. The van der Waals surface area contributed by atoms with Gasteiger partial charge < -0.3 is 15.4 Å². The van der Waals surface area contributed by atoms with Crippen LogP contribution >= 0.6 is 24.0 Å². The van der Waals surface area contributed by atoms with Gasteiger partial charge in [-0.25, -0.2) is 13.1 Å². The molecule has 0 aromatic heterocycles. The molecule has 1 aromatic carbocycles. The molecule has 0 radical (unpaired) electrons. The van der Waals surface area contributed by atoms with Gasteiger partial charge in [0.25, 0.3) is 0 Å². The van der Waals surface area contributed by atoms with E-state index in [1.807, 2.05) is 12.1 Å². The molecule has 1 aliphatic rings. The summed E-state index contributed by atoms with van der Waals surface area (Å²) in [4.78, 5) is 7.14. The van der Waals surface area contributed by atoms with Crippen molar-refractivity contribution in [3.05, 3.63) is 29.8 Å². The highest BCUT2D eigenvalue weighted by atomic mass is 127. The number of hydrogen-bond donors (Lipinski definition) is 3. The Hall–Kier alpha value is -0.950. The lowest BCUT2D eigenvalue weighted by Crippen LogP contribution is -2.53. The highest BCUT2D eigenvalue weighted by Crippen LogP contribution is 2.19. The van der Waals surface area contributed by atoms with E-state index in [0.717, 1.165) is 57.2 Å². The molecule has 1 aliphatic heterocycles. The van der Waals surface area contributed by atoms with Crippen LogP contribution in [0.4, 0.5) is 0 Å². The van der Waals surface area contributed by atoms with E-state index in [9.17, 15) is 8.42 Å².